The Kier molecular flexibility index (Phi) is 8.64. The molecule has 0 radical (unpaired) electrons. The Morgan fingerprint density at radius 1 is 1.19 bits per heavy atom. The molecule has 6 nitrogen and oxygen atoms in total. The molecule has 0 bridgehead atoms. The predicted octanol–water partition coefficient (Wildman–Crippen LogP) is 0.0698. The summed E-state index contributed by atoms with van der Waals surface area (Å²) in [5.74, 6) is 1.48. The third-order valence-corrected chi connectivity index (χ3v) is 4.08. The highest BCUT2D eigenvalue weighted by atomic mass is 16.5. The highest BCUT2D eigenvalue weighted by Crippen LogP contribution is 2.12. The smallest absolute Gasteiger partial charge is 0.191 e. The summed E-state index contributed by atoms with van der Waals surface area (Å²) in [6, 6.07) is 0.541. The van der Waals surface area contributed by atoms with Crippen LogP contribution in [-0.4, -0.2) is 88.9 Å². The second-order valence-electron chi connectivity index (χ2n) is 6.02. The normalized spacial score (nSPS) is 19.8. The standard InChI is InChI=1S/C15H33N5O/c1-13(2)14(20-9-7-19(4)8-10-20)12-18-15(16-3)17-6-11-21-5/h13-14H,6-12H2,1-5H3,(H2,16,17,18). The Bertz CT molecular complexity index is 300. The summed E-state index contributed by atoms with van der Waals surface area (Å²) in [6.07, 6.45) is 0. The molecule has 1 aliphatic heterocycles. The van der Waals surface area contributed by atoms with Gasteiger partial charge in [-0.15, -0.1) is 0 Å². The van der Waals surface area contributed by atoms with Gasteiger partial charge in [0.15, 0.2) is 5.96 Å². The van der Waals surface area contributed by atoms with Crippen molar-refractivity contribution in [2.45, 2.75) is 19.9 Å². The fourth-order valence-corrected chi connectivity index (χ4v) is 2.63. The molecule has 2 N–H and O–H groups in total. The van der Waals surface area contributed by atoms with Crippen LogP contribution >= 0.6 is 0 Å². The molecule has 1 aliphatic rings. The average Bonchev–Trinajstić information content (AvgIpc) is 2.47. The van der Waals surface area contributed by atoms with Crippen molar-refractivity contribution >= 4 is 5.96 Å². The number of guanidine groups is 1. The highest BCUT2D eigenvalue weighted by molar-refractivity contribution is 5.79. The largest absolute Gasteiger partial charge is 0.383 e. The van der Waals surface area contributed by atoms with E-state index in [0.29, 0.717) is 18.6 Å². The minimum atomic E-state index is 0.541. The second kappa shape index (κ2) is 9.97. The lowest BCUT2D eigenvalue weighted by Crippen LogP contribution is -2.55. The molecule has 0 spiro atoms. The lowest BCUT2D eigenvalue weighted by Gasteiger charge is -2.40. The first kappa shape index (κ1) is 18.2. The van der Waals surface area contributed by atoms with Crippen molar-refractivity contribution in [3.8, 4) is 0 Å². The van der Waals surface area contributed by atoms with Gasteiger partial charge in [-0.25, -0.2) is 0 Å². The Morgan fingerprint density at radius 3 is 2.38 bits per heavy atom. The number of aliphatic imine (C=N–C) groups is 1. The quantitative estimate of drug-likeness (QED) is 0.396. The van der Waals surface area contributed by atoms with Crippen LogP contribution in [0.1, 0.15) is 13.8 Å². The molecule has 21 heavy (non-hydrogen) atoms. The first-order chi connectivity index (χ1) is 10.1. The topological polar surface area (TPSA) is 52.1 Å². The summed E-state index contributed by atoms with van der Waals surface area (Å²) in [7, 11) is 5.71. The zero-order valence-corrected chi connectivity index (χ0v) is 14.4. The van der Waals surface area contributed by atoms with E-state index in [1.807, 2.05) is 7.05 Å². The molecule has 0 aromatic heterocycles. The Morgan fingerprint density at radius 2 is 1.86 bits per heavy atom. The zero-order valence-electron chi connectivity index (χ0n) is 14.4. The number of hydrogen-bond acceptors (Lipinski definition) is 4. The van der Waals surface area contributed by atoms with Crippen LogP contribution in [0.15, 0.2) is 4.99 Å². The van der Waals surface area contributed by atoms with Gasteiger partial charge in [-0.2, -0.15) is 0 Å². The Hall–Kier alpha value is -0.850. The van der Waals surface area contributed by atoms with Crippen LogP contribution in [-0.2, 0) is 4.74 Å². The van der Waals surface area contributed by atoms with E-state index in [9.17, 15) is 0 Å². The molecule has 0 aromatic rings. The minimum absolute atomic E-state index is 0.541. The summed E-state index contributed by atoms with van der Waals surface area (Å²) >= 11 is 0. The van der Waals surface area contributed by atoms with Gasteiger partial charge in [-0.3, -0.25) is 9.89 Å². The van der Waals surface area contributed by atoms with Crippen molar-refractivity contribution in [1.82, 2.24) is 20.4 Å². The van der Waals surface area contributed by atoms with Crippen molar-refractivity contribution in [2.75, 3.05) is 67.1 Å². The maximum absolute atomic E-state index is 5.05. The number of hydrogen-bond donors (Lipinski definition) is 2. The average molecular weight is 299 g/mol. The van der Waals surface area contributed by atoms with Crippen LogP contribution in [0.3, 0.4) is 0 Å². The van der Waals surface area contributed by atoms with Gasteiger partial charge in [0, 0.05) is 59.5 Å². The minimum Gasteiger partial charge on any atom is -0.383 e. The van der Waals surface area contributed by atoms with E-state index in [2.05, 4.69) is 46.3 Å². The van der Waals surface area contributed by atoms with Gasteiger partial charge >= 0.3 is 0 Å². The van der Waals surface area contributed by atoms with Gasteiger partial charge in [0.25, 0.3) is 0 Å². The Labute approximate surface area is 129 Å². The van der Waals surface area contributed by atoms with Crippen LogP contribution in [0, 0.1) is 5.92 Å². The number of likely N-dealkylation sites (N-methyl/N-ethyl adjacent to an activating group) is 1. The first-order valence-electron chi connectivity index (χ1n) is 7.94. The van der Waals surface area contributed by atoms with Gasteiger partial charge in [0.2, 0.25) is 0 Å². The van der Waals surface area contributed by atoms with E-state index < -0.39 is 0 Å². The van der Waals surface area contributed by atoms with Gasteiger partial charge in [0.1, 0.15) is 0 Å². The number of nitrogens with zero attached hydrogens (tertiary/aromatic N) is 3. The van der Waals surface area contributed by atoms with Crippen molar-refractivity contribution < 1.29 is 4.74 Å². The second-order valence-corrected chi connectivity index (χ2v) is 6.02. The van der Waals surface area contributed by atoms with Crippen molar-refractivity contribution in [1.29, 1.82) is 0 Å². The van der Waals surface area contributed by atoms with Crippen LogP contribution in [0.25, 0.3) is 0 Å². The number of ether oxygens (including phenoxy) is 1. The molecule has 1 fully saturated rings. The van der Waals surface area contributed by atoms with Crippen molar-refractivity contribution in [3.63, 3.8) is 0 Å². The number of piperazine rings is 1. The summed E-state index contributed by atoms with van der Waals surface area (Å²) < 4.78 is 5.05. The third kappa shape index (κ3) is 6.63. The molecule has 0 aromatic carbocycles. The molecule has 124 valence electrons. The molecule has 1 saturated heterocycles. The molecule has 1 rings (SSSR count). The maximum atomic E-state index is 5.05. The predicted molar refractivity (Wildman–Crippen MR) is 88.9 cm³/mol. The van der Waals surface area contributed by atoms with Gasteiger partial charge in [0.05, 0.1) is 6.61 Å². The van der Waals surface area contributed by atoms with E-state index in [0.717, 1.165) is 45.2 Å². The first-order valence-corrected chi connectivity index (χ1v) is 7.94. The van der Waals surface area contributed by atoms with Crippen LogP contribution in [0.4, 0.5) is 0 Å². The maximum Gasteiger partial charge on any atom is 0.191 e. The molecule has 0 saturated carbocycles. The monoisotopic (exact) mass is 299 g/mol. The lowest BCUT2D eigenvalue weighted by molar-refractivity contribution is 0.0899. The van der Waals surface area contributed by atoms with E-state index in [-0.39, 0.29) is 0 Å². The zero-order chi connectivity index (χ0) is 15.7. The SMILES string of the molecule is CN=C(NCCOC)NCC(C(C)C)N1CCN(C)CC1. The van der Waals surface area contributed by atoms with Gasteiger partial charge < -0.3 is 20.3 Å². The third-order valence-electron chi connectivity index (χ3n) is 4.08. The Balaban J connectivity index is 2.43. The molecule has 0 amide bonds. The van der Waals surface area contributed by atoms with E-state index in [4.69, 9.17) is 4.74 Å². The molecule has 1 unspecified atom stereocenters. The molecule has 1 heterocycles. The number of methoxy groups -OCH3 is 1. The summed E-state index contributed by atoms with van der Waals surface area (Å²) in [6.45, 7) is 11.6. The van der Waals surface area contributed by atoms with Crippen LogP contribution < -0.4 is 10.6 Å². The fourth-order valence-electron chi connectivity index (χ4n) is 2.63. The number of nitrogens with one attached hydrogen (secondary N) is 2. The van der Waals surface area contributed by atoms with E-state index in [1.54, 1.807) is 7.11 Å². The number of rotatable bonds is 7. The van der Waals surface area contributed by atoms with E-state index >= 15 is 0 Å². The molecule has 1 atom stereocenters. The molecule has 0 aliphatic carbocycles. The van der Waals surface area contributed by atoms with Gasteiger partial charge in [-0.05, 0) is 13.0 Å². The summed E-state index contributed by atoms with van der Waals surface area (Å²) in [5.41, 5.74) is 0. The fraction of sp³-hybridized carbons (Fsp3) is 0.933. The van der Waals surface area contributed by atoms with Gasteiger partial charge in [-0.1, -0.05) is 13.8 Å². The molecular weight excluding hydrogens is 266 g/mol. The summed E-state index contributed by atoms with van der Waals surface area (Å²) in [4.78, 5) is 9.25. The molecule has 6 heteroatoms. The van der Waals surface area contributed by atoms with Crippen molar-refractivity contribution in [2.24, 2.45) is 10.9 Å². The van der Waals surface area contributed by atoms with E-state index in [1.165, 1.54) is 0 Å². The molecular formula is C15H33N5O. The lowest BCUT2D eigenvalue weighted by atomic mass is 10.0. The highest BCUT2D eigenvalue weighted by Gasteiger charge is 2.24. The van der Waals surface area contributed by atoms with Crippen LogP contribution in [0.2, 0.25) is 0 Å². The summed E-state index contributed by atoms with van der Waals surface area (Å²) in [5, 5.41) is 6.71. The van der Waals surface area contributed by atoms with Crippen LogP contribution in [0.5, 0.6) is 0 Å². The van der Waals surface area contributed by atoms with Crippen molar-refractivity contribution in [3.05, 3.63) is 0 Å².